The minimum absolute atomic E-state index is 0.131. The van der Waals surface area contributed by atoms with E-state index in [1.807, 2.05) is 6.92 Å². The number of carbonyl (C=O) groups excluding carboxylic acids is 1. The molecule has 1 aromatic rings. The number of amides is 1. The quantitative estimate of drug-likeness (QED) is 0.813. The van der Waals surface area contributed by atoms with E-state index in [-0.39, 0.29) is 16.8 Å². The van der Waals surface area contributed by atoms with Crippen LogP contribution in [0.5, 0.6) is 0 Å². The third kappa shape index (κ3) is 4.42. The van der Waals surface area contributed by atoms with Crippen LogP contribution in [-0.2, 0) is 21.2 Å². The van der Waals surface area contributed by atoms with Crippen molar-refractivity contribution >= 4 is 15.9 Å². The average molecular weight is 409 g/mol. The Labute approximate surface area is 168 Å². The molecule has 1 aromatic carbocycles. The molecule has 1 aliphatic heterocycles. The monoisotopic (exact) mass is 408 g/mol. The van der Waals surface area contributed by atoms with E-state index >= 15 is 0 Å². The van der Waals surface area contributed by atoms with E-state index in [1.165, 1.54) is 10.7 Å². The number of morpholine rings is 1. The van der Waals surface area contributed by atoms with Crippen molar-refractivity contribution in [2.24, 2.45) is 11.8 Å². The molecule has 1 heterocycles. The molecule has 0 aromatic heterocycles. The Morgan fingerprint density at radius 3 is 2.43 bits per heavy atom. The molecule has 6 nitrogen and oxygen atoms in total. The third-order valence-corrected chi connectivity index (χ3v) is 8.12. The van der Waals surface area contributed by atoms with Gasteiger partial charge >= 0.3 is 0 Å². The van der Waals surface area contributed by atoms with E-state index in [1.54, 1.807) is 18.2 Å². The van der Waals surface area contributed by atoms with Gasteiger partial charge in [-0.25, -0.2) is 8.42 Å². The maximum atomic E-state index is 13.2. The van der Waals surface area contributed by atoms with Crippen LogP contribution in [0.1, 0.15) is 56.0 Å². The van der Waals surface area contributed by atoms with Crippen LogP contribution >= 0.6 is 0 Å². The molecule has 28 heavy (non-hydrogen) atoms. The van der Waals surface area contributed by atoms with Gasteiger partial charge in [0.15, 0.2) is 0 Å². The lowest BCUT2D eigenvalue weighted by atomic mass is 9.78. The predicted molar refractivity (Wildman–Crippen MR) is 109 cm³/mol. The molecule has 2 unspecified atom stereocenters. The zero-order valence-electron chi connectivity index (χ0n) is 17.1. The van der Waals surface area contributed by atoms with Crippen LogP contribution in [0.4, 0.5) is 0 Å². The Kier molecular flexibility index (Phi) is 6.78. The molecule has 0 spiro atoms. The fourth-order valence-electron chi connectivity index (χ4n) is 4.36. The van der Waals surface area contributed by atoms with Crippen LogP contribution in [-0.4, -0.2) is 51.0 Å². The van der Waals surface area contributed by atoms with Crippen LogP contribution in [0, 0.1) is 11.8 Å². The molecule has 2 atom stereocenters. The van der Waals surface area contributed by atoms with Gasteiger partial charge in [0, 0.05) is 24.7 Å². The number of nitrogens with zero attached hydrogens (tertiary/aromatic N) is 1. The molecule has 2 aliphatic rings. The normalized spacial score (nSPS) is 26.8. The summed E-state index contributed by atoms with van der Waals surface area (Å²) in [6.45, 7) is 7.78. The highest BCUT2D eigenvalue weighted by Crippen LogP contribution is 2.29. The van der Waals surface area contributed by atoms with Gasteiger partial charge in [-0.2, -0.15) is 4.31 Å². The summed E-state index contributed by atoms with van der Waals surface area (Å²) in [6.07, 6.45) is 4.01. The van der Waals surface area contributed by atoms with Gasteiger partial charge in [0.25, 0.3) is 5.91 Å². The molecule has 1 saturated heterocycles. The summed E-state index contributed by atoms with van der Waals surface area (Å²) in [4.78, 5) is 13.2. The van der Waals surface area contributed by atoms with Crippen molar-refractivity contribution in [1.82, 2.24) is 9.62 Å². The number of nitrogens with one attached hydrogen (secondary N) is 1. The van der Waals surface area contributed by atoms with Crippen molar-refractivity contribution in [1.29, 1.82) is 0 Å². The van der Waals surface area contributed by atoms with Crippen molar-refractivity contribution in [3.8, 4) is 0 Å². The van der Waals surface area contributed by atoms with Crippen molar-refractivity contribution in [2.75, 3.05) is 26.3 Å². The molecular formula is C21H32N2O4S. The highest BCUT2D eigenvalue weighted by molar-refractivity contribution is 7.89. The first-order valence-electron chi connectivity index (χ1n) is 10.4. The maximum Gasteiger partial charge on any atom is 0.251 e. The molecule has 0 radical (unpaired) electrons. The number of rotatable bonds is 5. The Morgan fingerprint density at radius 1 is 1.18 bits per heavy atom. The SMILES string of the molecule is CCc1ccc(C(=O)NC2C(C)CCCC2C)cc1S(=O)(=O)N1CCOCC1. The summed E-state index contributed by atoms with van der Waals surface area (Å²) >= 11 is 0. The number of ether oxygens (including phenoxy) is 1. The van der Waals surface area contributed by atoms with Crippen LogP contribution in [0.15, 0.2) is 23.1 Å². The van der Waals surface area contributed by atoms with Gasteiger partial charge in [-0.15, -0.1) is 0 Å². The highest BCUT2D eigenvalue weighted by atomic mass is 32.2. The summed E-state index contributed by atoms with van der Waals surface area (Å²) in [5.41, 5.74) is 1.15. The smallest absolute Gasteiger partial charge is 0.251 e. The van der Waals surface area contributed by atoms with Crippen LogP contribution in [0.2, 0.25) is 0 Å². The number of sulfonamides is 1. The molecule has 7 heteroatoms. The standard InChI is InChI=1S/C21H32N2O4S/c1-4-17-8-9-18(21(24)22-20-15(2)6-5-7-16(20)3)14-19(17)28(25,26)23-10-12-27-13-11-23/h8-9,14-16,20H,4-7,10-13H2,1-3H3,(H,22,24). The van der Waals surface area contributed by atoms with Crippen molar-refractivity contribution < 1.29 is 17.9 Å². The van der Waals surface area contributed by atoms with Gasteiger partial charge in [-0.05, 0) is 48.8 Å². The van der Waals surface area contributed by atoms with Crippen molar-refractivity contribution in [2.45, 2.75) is 57.4 Å². The van der Waals surface area contributed by atoms with E-state index in [2.05, 4.69) is 19.2 Å². The average Bonchev–Trinajstić information content (AvgIpc) is 2.71. The zero-order chi connectivity index (χ0) is 20.3. The van der Waals surface area contributed by atoms with Crippen molar-refractivity contribution in [3.05, 3.63) is 29.3 Å². The van der Waals surface area contributed by atoms with E-state index in [4.69, 9.17) is 4.74 Å². The van der Waals surface area contributed by atoms with Gasteiger partial charge in [-0.3, -0.25) is 4.79 Å². The third-order valence-electron chi connectivity index (χ3n) is 6.14. The van der Waals surface area contributed by atoms with E-state index in [9.17, 15) is 13.2 Å². The second kappa shape index (κ2) is 8.93. The van der Waals surface area contributed by atoms with Crippen molar-refractivity contribution in [3.63, 3.8) is 0 Å². The number of benzene rings is 1. The first-order chi connectivity index (χ1) is 13.3. The topological polar surface area (TPSA) is 75.7 Å². The van der Waals surface area contributed by atoms with Crippen LogP contribution in [0.25, 0.3) is 0 Å². The number of aryl methyl sites for hydroxylation is 1. The van der Waals surface area contributed by atoms with Gasteiger partial charge in [-0.1, -0.05) is 33.3 Å². The van der Waals surface area contributed by atoms with Gasteiger partial charge in [0.2, 0.25) is 10.0 Å². The highest BCUT2D eigenvalue weighted by Gasteiger charge is 2.31. The molecule has 2 fully saturated rings. The molecule has 0 bridgehead atoms. The lowest BCUT2D eigenvalue weighted by Crippen LogP contribution is -2.45. The zero-order valence-corrected chi connectivity index (χ0v) is 17.9. The lowest BCUT2D eigenvalue weighted by Gasteiger charge is -2.35. The Bertz CT molecular complexity index is 793. The molecule has 1 saturated carbocycles. The lowest BCUT2D eigenvalue weighted by molar-refractivity contribution is 0.0730. The Morgan fingerprint density at radius 2 is 1.82 bits per heavy atom. The van der Waals surface area contributed by atoms with E-state index < -0.39 is 10.0 Å². The summed E-state index contributed by atoms with van der Waals surface area (Å²) < 4.78 is 33.1. The number of carbonyl (C=O) groups is 1. The molecule has 1 aliphatic carbocycles. The molecule has 3 rings (SSSR count). The van der Waals surface area contributed by atoms with E-state index in [0.717, 1.165) is 18.4 Å². The predicted octanol–water partition coefficient (Wildman–Crippen LogP) is 2.82. The van der Waals surface area contributed by atoms with Gasteiger partial charge < -0.3 is 10.1 Å². The summed E-state index contributed by atoms with van der Waals surface area (Å²) in [7, 11) is -3.64. The second-order valence-corrected chi connectivity index (χ2v) is 9.98. The first kappa shape index (κ1) is 21.3. The fraction of sp³-hybridized carbons (Fsp3) is 0.667. The Hall–Kier alpha value is -1.44. The van der Waals surface area contributed by atoms with Crippen LogP contribution in [0.3, 0.4) is 0 Å². The largest absolute Gasteiger partial charge is 0.379 e. The minimum atomic E-state index is -3.64. The first-order valence-corrected chi connectivity index (χ1v) is 11.8. The minimum Gasteiger partial charge on any atom is -0.379 e. The number of hydrogen-bond acceptors (Lipinski definition) is 4. The Balaban J connectivity index is 1.87. The summed E-state index contributed by atoms with van der Waals surface area (Å²) in [5.74, 6) is 0.671. The molecule has 1 amide bonds. The summed E-state index contributed by atoms with van der Waals surface area (Å²) in [5, 5.41) is 3.16. The fourth-order valence-corrected chi connectivity index (χ4v) is 6.08. The van der Waals surface area contributed by atoms with Gasteiger partial charge in [0.1, 0.15) is 0 Å². The molecule has 1 N–H and O–H groups in total. The maximum absolute atomic E-state index is 13.2. The molecule has 156 valence electrons. The molecular weight excluding hydrogens is 376 g/mol. The second-order valence-electron chi connectivity index (χ2n) is 8.08. The van der Waals surface area contributed by atoms with Crippen LogP contribution < -0.4 is 5.32 Å². The summed E-state index contributed by atoms with van der Waals surface area (Å²) in [6, 6.07) is 5.20. The van der Waals surface area contributed by atoms with E-state index in [0.29, 0.717) is 50.1 Å². The van der Waals surface area contributed by atoms with Gasteiger partial charge in [0.05, 0.1) is 18.1 Å². The number of hydrogen-bond donors (Lipinski definition) is 1.